The van der Waals surface area contributed by atoms with Crippen LogP contribution in [0.3, 0.4) is 0 Å². The van der Waals surface area contributed by atoms with E-state index in [1.165, 1.54) is 14.6 Å². The number of hydrogen-bond acceptors (Lipinski definition) is 6. The fourth-order valence-electron chi connectivity index (χ4n) is 5.47. The van der Waals surface area contributed by atoms with Crippen molar-refractivity contribution in [1.82, 2.24) is 10.3 Å². The number of benzene rings is 1. The molecule has 0 radical (unpaired) electrons. The first-order valence-corrected chi connectivity index (χ1v) is 15.0. The molecule has 1 aliphatic carbocycles. The largest absolute Gasteiger partial charge is 0.362 e. The predicted molar refractivity (Wildman–Crippen MR) is 157 cm³/mol. The van der Waals surface area contributed by atoms with Crippen molar-refractivity contribution in [2.24, 2.45) is 0 Å². The molecule has 2 aromatic heterocycles. The number of aromatic nitrogens is 1. The lowest BCUT2D eigenvalue weighted by Gasteiger charge is -2.37. The molecule has 5 rings (SSSR count). The van der Waals surface area contributed by atoms with Gasteiger partial charge in [-0.3, -0.25) is 9.59 Å². The van der Waals surface area contributed by atoms with Crippen LogP contribution in [0, 0.1) is 6.92 Å². The van der Waals surface area contributed by atoms with Crippen LogP contribution in [-0.4, -0.2) is 22.4 Å². The Morgan fingerprint density at radius 2 is 1.89 bits per heavy atom. The second kappa shape index (κ2) is 11.3. The lowest BCUT2D eigenvalue weighted by Crippen LogP contribution is -2.37. The molecule has 1 amide bonds. The van der Waals surface area contributed by atoms with Crippen LogP contribution in [0.4, 0.5) is 5.82 Å². The average Bonchev–Trinajstić information content (AvgIpc) is 3.31. The monoisotopic (exact) mass is 543 g/mol. The zero-order valence-corrected chi connectivity index (χ0v) is 23.9. The van der Waals surface area contributed by atoms with Gasteiger partial charge in [-0.2, -0.15) is 0 Å². The number of hydrogen-bond donors (Lipinski definition) is 2. The Bertz CT molecular complexity index is 1440. The van der Waals surface area contributed by atoms with Crippen LogP contribution in [0.2, 0.25) is 0 Å². The van der Waals surface area contributed by atoms with Gasteiger partial charge in [0, 0.05) is 45.5 Å². The van der Waals surface area contributed by atoms with Gasteiger partial charge in [0.05, 0.1) is 4.21 Å². The molecule has 1 aliphatic heterocycles. The molecule has 3 aromatic rings. The minimum Gasteiger partial charge on any atom is -0.362 e. The standard InChI is InChI=1S/C31H33N3O2S2/c1-5-22-17-23(31(38-22)37-6-2)28-27(30(36)34-26-14-10-11-18(3)32-26)19(4)33-24-15-21(16-25(35)29(24)28)20-12-8-7-9-13-20/h7-14,17,21,28,33H,5-6,15-16H2,1-4H3,(H,32,34,36)/t21-,28+/m1/s1. The number of amides is 1. The number of thiophene rings is 1. The fourth-order valence-corrected chi connectivity index (χ4v) is 7.85. The quantitative estimate of drug-likeness (QED) is 0.310. The molecule has 5 nitrogen and oxygen atoms in total. The summed E-state index contributed by atoms with van der Waals surface area (Å²) in [5.41, 5.74) is 6.14. The first-order chi connectivity index (χ1) is 18.4. The molecule has 2 aliphatic rings. The normalized spacial score (nSPS) is 19.3. The second-order valence-corrected chi connectivity index (χ2v) is 12.5. The van der Waals surface area contributed by atoms with Gasteiger partial charge in [0.25, 0.3) is 5.91 Å². The molecule has 0 saturated heterocycles. The van der Waals surface area contributed by atoms with Crippen molar-refractivity contribution in [3.05, 3.63) is 98.8 Å². The molecule has 0 unspecified atom stereocenters. The molecule has 2 atom stereocenters. The third kappa shape index (κ3) is 5.22. The topological polar surface area (TPSA) is 71.1 Å². The SMILES string of the molecule is CCSc1sc(CC)cc1[C@H]1C(C(=O)Nc2cccc(C)n2)=C(C)NC2=C1C(=O)C[C@H](c1ccccc1)C2. The number of thioether (sulfide) groups is 1. The highest BCUT2D eigenvalue weighted by Gasteiger charge is 2.42. The van der Waals surface area contributed by atoms with Crippen LogP contribution >= 0.6 is 23.1 Å². The minimum atomic E-state index is -0.411. The van der Waals surface area contributed by atoms with E-state index >= 15 is 0 Å². The van der Waals surface area contributed by atoms with Crippen molar-refractivity contribution in [1.29, 1.82) is 0 Å². The number of dihydropyridines is 1. The Morgan fingerprint density at radius 1 is 1.11 bits per heavy atom. The highest BCUT2D eigenvalue weighted by atomic mass is 32.2. The fraction of sp³-hybridized carbons (Fsp3) is 0.323. The summed E-state index contributed by atoms with van der Waals surface area (Å²) in [6, 6.07) is 18.1. The summed E-state index contributed by atoms with van der Waals surface area (Å²) >= 11 is 3.57. The predicted octanol–water partition coefficient (Wildman–Crippen LogP) is 7.13. The number of Topliss-reactive ketones (excluding diaryl/α,β-unsaturated/α-hetero) is 1. The molecule has 196 valence electrons. The van der Waals surface area contributed by atoms with Gasteiger partial charge in [0.15, 0.2) is 5.78 Å². The molecule has 2 N–H and O–H groups in total. The first-order valence-electron chi connectivity index (χ1n) is 13.2. The Hall–Kier alpha value is -3.16. The average molecular weight is 544 g/mol. The van der Waals surface area contributed by atoms with Crippen molar-refractivity contribution >= 4 is 40.6 Å². The Kier molecular flexibility index (Phi) is 7.86. The number of carbonyl (C=O) groups is 2. The molecule has 0 fully saturated rings. The third-order valence-electron chi connectivity index (χ3n) is 7.18. The van der Waals surface area contributed by atoms with E-state index in [9.17, 15) is 9.59 Å². The van der Waals surface area contributed by atoms with Gasteiger partial charge in [-0.15, -0.1) is 23.1 Å². The Morgan fingerprint density at radius 3 is 2.61 bits per heavy atom. The molecule has 7 heteroatoms. The van der Waals surface area contributed by atoms with Gasteiger partial charge in [0.1, 0.15) is 5.82 Å². The Balaban J connectivity index is 1.61. The van der Waals surface area contributed by atoms with E-state index in [0.717, 1.165) is 46.8 Å². The summed E-state index contributed by atoms with van der Waals surface area (Å²) in [5, 5.41) is 6.52. The van der Waals surface area contributed by atoms with E-state index in [-0.39, 0.29) is 17.6 Å². The molecule has 1 aromatic carbocycles. The number of allylic oxidation sites excluding steroid dienone is 3. The zero-order chi connectivity index (χ0) is 26.8. The number of anilines is 1. The van der Waals surface area contributed by atoms with E-state index in [1.807, 2.05) is 44.2 Å². The lowest BCUT2D eigenvalue weighted by atomic mass is 9.72. The summed E-state index contributed by atoms with van der Waals surface area (Å²) in [5.74, 6) is 1.03. The molecule has 0 bridgehead atoms. The minimum absolute atomic E-state index is 0.112. The molecule has 0 spiro atoms. The van der Waals surface area contributed by atoms with E-state index in [1.54, 1.807) is 29.2 Å². The number of carbonyl (C=O) groups excluding carboxylic acids is 2. The van der Waals surface area contributed by atoms with Crippen molar-refractivity contribution < 1.29 is 9.59 Å². The highest BCUT2D eigenvalue weighted by molar-refractivity contribution is 8.01. The van der Waals surface area contributed by atoms with E-state index in [0.29, 0.717) is 17.8 Å². The lowest BCUT2D eigenvalue weighted by molar-refractivity contribution is -0.116. The maximum Gasteiger partial charge on any atom is 0.255 e. The van der Waals surface area contributed by atoms with Gasteiger partial charge in [-0.25, -0.2) is 4.98 Å². The van der Waals surface area contributed by atoms with Crippen molar-refractivity contribution in [3.63, 3.8) is 0 Å². The summed E-state index contributed by atoms with van der Waals surface area (Å²) in [6.45, 7) is 8.14. The number of nitrogens with one attached hydrogen (secondary N) is 2. The van der Waals surface area contributed by atoms with Gasteiger partial charge in [-0.1, -0.05) is 50.2 Å². The molecule has 38 heavy (non-hydrogen) atoms. The maximum atomic E-state index is 14.0. The summed E-state index contributed by atoms with van der Waals surface area (Å²) < 4.78 is 1.19. The number of aryl methyl sites for hydroxylation is 2. The summed E-state index contributed by atoms with van der Waals surface area (Å²) in [6.07, 6.45) is 2.10. The smallest absolute Gasteiger partial charge is 0.255 e. The first kappa shape index (κ1) is 26.4. The van der Waals surface area contributed by atoms with Gasteiger partial charge in [0.2, 0.25) is 0 Å². The van der Waals surface area contributed by atoms with Crippen LogP contribution in [0.15, 0.2) is 81.3 Å². The zero-order valence-electron chi connectivity index (χ0n) is 22.3. The molecular weight excluding hydrogens is 510 g/mol. The van der Waals surface area contributed by atoms with E-state index in [2.05, 4.69) is 47.7 Å². The molecule has 0 saturated carbocycles. The van der Waals surface area contributed by atoms with Crippen molar-refractivity contribution in [3.8, 4) is 0 Å². The number of nitrogens with zero attached hydrogens (tertiary/aromatic N) is 1. The van der Waals surface area contributed by atoms with Crippen LogP contribution in [-0.2, 0) is 16.0 Å². The highest BCUT2D eigenvalue weighted by Crippen LogP contribution is 2.49. The third-order valence-corrected chi connectivity index (χ3v) is 9.66. The Labute approximate surface area is 232 Å². The summed E-state index contributed by atoms with van der Waals surface area (Å²) in [4.78, 5) is 33.6. The van der Waals surface area contributed by atoms with Gasteiger partial charge < -0.3 is 10.6 Å². The van der Waals surface area contributed by atoms with Crippen molar-refractivity contribution in [2.75, 3.05) is 11.1 Å². The van der Waals surface area contributed by atoms with Crippen molar-refractivity contribution in [2.45, 2.75) is 63.0 Å². The second-order valence-electron chi connectivity index (χ2n) is 9.79. The molecular formula is C31H33N3O2S2. The van der Waals surface area contributed by atoms with E-state index in [4.69, 9.17) is 0 Å². The van der Waals surface area contributed by atoms with Crippen LogP contribution in [0.1, 0.15) is 67.1 Å². The molecule has 3 heterocycles. The van der Waals surface area contributed by atoms with E-state index < -0.39 is 5.92 Å². The van der Waals surface area contributed by atoms with Crippen LogP contribution in [0.25, 0.3) is 0 Å². The number of pyridine rings is 1. The van der Waals surface area contributed by atoms with Crippen LogP contribution in [0.5, 0.6) is 0 Å². The number of ketones is 1. The van der Waals surface area contributed by atoms with Gasteiger partial charge in [-0.05, 0) is 67.7 Å². The summed E-state index contributed by atoms with van der Waals surface area (Å²) in [7, 11) is 0. The maximum absolute atomic E-state index is 14.0. The van der Waals surface area contributed by atoms with Crippen LogP contribution < -0.4 is 10.6 Å². The number of rotatable bonds is 7. The van der Waals surface area contributed by atoms with Gasteiger partial charge >= 0.3 is 0 Å².